The van der Waals surface area contributed by atoms with Gasteiger partial charge in [0.1, 0.15) is 23.2 Å². The molecule has 10 heteroatoms. The van der Waals surface area contributed by atoms with Crippen molar-refractivity contribution in [2.45, 2.75) is 19.4 Å². The molecule has 0 unspecified atom stereocenters. The lowest BCUT2D eigenvalue weighted by atomic mass is 10.1. The number of likely N-dealkylation sites (N-methyl/N-ethyl adjacent to an activating group) is 1. The summed E-state index contributed by atoms with van der Waals surface area (Å²) in [4.78, 5) is 28.4. The Hall–Kier alpha value is -3.43. The van der Waals surface area contributed by atoms with Crippen LogP contribution < -0.4 is 9.64 Å². The summed E-state index contributed by atoms with van der Waals surface area (Å²) in [7, 11) is 5.20. The molecule has 1 amide bonds. The number of rotatable bonds is 4. The Bertz CT molecular complexity index is 1130. The maximum absolute atomic E-state index is 13.8. The number of anilines is 1. The molecule has 4 rings (SSSR count). The quantitative estimate of drug-likeness (QED) is 0.701. The van der Waals surface area contributed by atoms with Gasteiger partial charge in [-0.05, 0) is 25.0 Å². The molecule has 1 aromatic carbocycles. The van der Waals surface area contributed by atoms with Crippen LogP contribution in [0.25, 0.3) is 22.7 Å². The molecule has 30 heavy (non-hydrogen) atoms. The molecule has 1 N–H and O–H groups in total. The predicted octanol–water partition coefficient (Wildman–Crippen LogP) is 2.67. The molecule has 2 aromatic heterocycles. The number of aryl methyl sites for hydroxylation is 2. The first-order chi connectivity index (χ1) is 14.3. The number of imidazole rings is 1. The monoisotopic (exact) mass is 414 g/mol. The lowest BCUT2D eigenvalue weighted by molar-refractivity contribution is 0.155. The number of nitrogens with zero attached hydrogens (tertiary/aromatic N) is 6. The molecule has 3 heterocycles. The molecule has 0 saturated carbocycles. The summed E-state index contributed by atoms with van der Waals surface area (Å²) in [5.41, 5.74) is 2.42. The van der Waals surface area contributed by atoms with Crippen LogP contribution in [0, 0.1) is 12.7 Å². The second kappa shape index (κ2) is 7.43. The van der Waals surface area contributed by atoms with Crippen molar-refractivity contribution in [2.75, 3.05) is 32.1 Å². The van der Waals surface area contributed by atoms with Crippen LogP contribution in [-0.2, 0) is 7.05 Å². The number of amides is 1. The standard InChI is InChI=1S/C20H23FN6O3/c1-11-7-12(21)8-14(30-4)16(11)18-24-17-19(26(18)3)22-9-15(23-17)25(2)13-5-6-27(10-13)20(28)29/h7-9,13H,5-6,10H2,1-4H3,(H,28,29)/t13-/m1/s1. The van der Waals surface area contributed by atoms with Crippen molar-refractivity contribution in [2.24, 2.45) is 7.05 Å². The smallest absolute Gasteiger partial charge is 0.407 e. The fraction of sp³-hybridized carbons (Fsp3) is 0.400. The van der Waals surface area contributed by atoms with Gasteiger partial charge in [0.15, 0.2) is 11.3 Å². The zero-order chi connectivity index (χ0) is 21.6. The number of carbonyl (C=O) groups is 1. The van der Waals surface area contributed by atoms with Gasteiger partial charge in [-0.1, -0.05) is 0 Å². The van der Waals surface area contributed by atoms with Gasteiger partial charge in [-0.2, -0.15) is 0 Å². The maximum atomic E-state index is 13.8. The number of halogens is 1. The lowest BCUT2D eigenvalue weighted by Crippen LogP contribution is -2.36. The summed E-state index contributed by atoms with van der Waals surface area (Å²) < 4.78 is 21.0. The van der Waals surface area contributed by atoms with Crippen molar-refractivity contribution < 1.29 is 19.0 Å². The Labute approximate surface area is 172 Å². The minimum Gasteiger partial charge on any atom is -0.496 e. The number of likely N-dealkylation sites (tertiary alicyclic amines) is 1. The highest BCUT2D eigenvalue weighted by Gasteiger charge is 2.30. The van der Waals surface area contributed by atoms with Gasteiger partial charge in [-0.15, -0.1) is 0 Å². The number of aromatic nitrogens is 4. The van der Waals surface area contributed by atoms with Crippen molar-refractivity contribution in [1.29, 1.82) is 0 Å². The van der Waals surface area contributed by atoms with Gasteiger partial charge in [-0.3, -0.25) is 0 Å². The normalized spacial score (nSPS) is 16.3. The first kappa shape index (κ1) is 19.9. The average molecular weight is 414 g/mol. The topological polar surface area (TPSA) is 96.6 Å². The number of benzene rings is 1. The third kappa shape index (κ3) is 3.27. The maximum Gasteiger partial charge on any atom is 0.407 e. The summed E-state index contributed by atoms with van der Waals surface area (Å²) in [5, 5.41) is 9.18. The van der Waals surface area contributed by atoms with E-state index in [0.29, 0.717) is 52.9 Å². The van der Waals surface area contributed by atoms with Gasteiger partial charge in [0.25, 0.3) is 0 Å². The van der Waals surface area contributed by atoms with Crippen LogP contribution in [-0.4, -0.2) is 68.9 Å². The molecule has 1 saturated heterocycles. The van der Waals surface area contributed by atoms with Gasteiger partial charge < -0.3 is 24.2 Å². The Kier molecular flexibility index (Phi) is 4.92. The molecule has 1 atom stereocenters. The minimum atomic E-state index is -0.912. The van der Waals surface area contributed by atoms with Crippen LogP contribution in [0.1, 0.15) is 12.0 Å². The largest absolute Gasteiger partial charge is 0.496 e. The van der Waals surface area contributed by atoms with Crippen LogP contribution in [0.3, 0.4) is 0 Å². The highest BCUT2D eigenvalue weighted by atomic mass is 19.1. The highest BCUT2D eigenvalue weighted by molar-refractivity contribution is 5.78. The van der Waals surface area contributed by atoms with Crippen molar-refractivity contribution in [3.05, 3.63) is 29.7 Å². The summed E-state index contributed by atoms with van der Waals surface area (Å²) in [5.74, 6) is 1.21. The van der Waals surface area contributed by atoms with E-state index in [4.69, 9.17) is 4.74 Å². The molecule has 0 spiro atoms. The number of carboxylic acid groups (broad SMARTS) is 1. The fourth-order valence-electron chi connectivity index (χ4n) is 3.92. The SMILES string of the molecule is COc1cc(F)cc(C)c1-c1nc2nc(N(C)[C@@H]3CCN(C(=O)O)C3)cnc2n1C. The van der Waals surface area contributed by atoms with Gasteiger partial charge >= 0.3 is 6.09 Å². The van der Waals surface area contributed by atoms with E-state index in [9.17, 15) is 14.3 Å². The molecular weight excluding hydrogens is 391 g/mol. The number of hydrogen-bond acceptors (Lipinski definition) is 6. The molecule has 3 aromatic rings. The second-order valence-corrected chi connectivity index (χ2v) is 7.45. The van der Waals surface area contributed by atoms with Gasteiger partial charge in [0, 0.05) is 39.3 Å². The van der Waals surface area contributed by atoms with Crippen LogP contribution >= 0.6 is 0 Å². The molecule has 1 aliphatic heterocycles. The van der Waals surface area contributed by atoms with E-state index in [-0.39, 0.29) is 11.9 Å². The Balaban J connectivity index is 1.72. The van der Waals surface area contributed by atoms with Crippen molar-refractivity contribution in [3.63, 3.8) is 0 Å². The van der Waals surface area contributed by atoms with Crippen LogP contribution in [0.4, 0.5) is 15.0 Å². The molecule has 1 fully saturated rings. The minimum absolute atomic E-state index is 0.0236. The predicted molar refractivity (Wildman–Crippen MR) is 109 cm³/mol. The van der Waals surface area contributed by atoms with Crippen molar-refractivity contribution in [1.82, 2.24) is 24.4 Å². The third-order valence-electron chi connectivity index (χ3n) is 5.62. The van der Waals surface area contributed by atoms with Crippen LogP contribution in [0.15, 0.2) is 18.3 Å². The second-order valence-electron chi connectivity index (χ2n) is 7.45. The molecule has 0 aliphatic carbocycles. The zero-order valence-electron chi connectivity index (χ0n) is 17.3. The van der Waals surface area contributed by atoms with Gasteiger partial charge in [0.2, 0.25) is 0 Å². The summed E-state index contributed by atoms with van der Waals surface area (Å²) in [6.07, 6.45) is 1.47. The first-order valence-corrected chi connectivity index (χ1v) is 9.54. The van der Waals surface area contributed by atoms with E-state index >= 15 is 0 Å². The Morgan fingerprint density at radius 3 is 2.80 bits per heavy atom. The summed E-state index contributed by atoms with van der Waals surface area (Å²) >= 11 is 0. The summed E-state index contributed by atoms with van der Waals surface area (Å²) in [6.45, 7) is 2.72. The molecule has 9 nitrogen and oxygen atoms in total. The molecule has 0 radical (unpaired) electrons. The van der Waals surface area contributed by atoms with Gasteiger partial charge in [-0.25, -0.2) is 24.1 Å². The third-order valence-corrected chi connectivity index (χ3v) is 5.62. The Morgan fingerprint density at radius 1 is 1.37 bits per heavy atom. The number of ether oxygens (including phenoxy) is 1. The zero-order valence-corrected chi connectivity index (χ0v) is 17.3. The first-order valence-electron chi connectivity index (χ1n) is 9.54. The van der Waals surface area contributed by atoms with Crippen molar-refractivity contribution >= 4 is 23.2 Å². The van der Waals surface area contributed by atoms with E-state index in [1.54, 1.807) is 17.7 Å². The van der Waals surface area contributed by atoms with Crippen LogP contribution in [0.5, 0.6) is 5.75 Å². The number of hydrogen-bond donors (Lipinski definition) is 1. The van der Waals surface area contributed by atoms with E-state index in [1.165, 1.54) is 24.1 Å². The lowest BCUT2D eigenvalue weighted by Gasteiger charge is -2.24. The summed E-state index contributed by atoms with van der Waals surface area (Å²) in [6, 6.07) is 2.79. The molecule has 158 valence electrons. The molecule has 1 aliphatic rings. The average Bonchev–Trinajstić information content (AvgIpc) is 3.32. The van der Waals surface area contributed by atoms with Gasteiger partial charge in [0.05, 0.1) is 18.9 Å². The van der Waals surface area contributed by atoms with E-state index in [2.05, 4.69) is 15.0 Å². The van der Waals surface area contributed by atoms with E-state index in [0.717, 1.165) is 6.42 Å². The van der Waals surface area contributed by atoms with Crippen molar-refractivity contribution in [3.8, 4) is 17.1 Å². The molecule has 0 bridgehead atoms. The Morgan fingerprint density at radius 2 is 2.13 bits per heavy atom. The number of fused-ring (bicyclic) bond motifs is 1. The van der Waals surface area contributed by atoms with E-state index in [1.807, 2.05) is 19.0 Å². The molecular formula is C20H23FN6O3. The van der Waals surface area contributed by atoms with Crippen LogP contribution in [0.2, 0.25) is 0 Å². The fourth-order valence-corrected chi connectivity index (χ4v) is 3.92. The van der Waals surface area contributed by atoms with E-state index < -0.39 is 6.09 Å². The number of methoxy groups -OCH3 is 1. The highest BCUT2D eigenvalue weighted by Crippen LogP contribution is 2.34.